The summed E-state index contributed by atoms with van der Waals surface area (Å²) in [5, 5.41) is 0. The van der Waals surface area contributed by atoms with Crippen molar-refractivity contribution in [1.82, 2.24) is 0 Å². The van der Waals surface area contributed by atoms with E-state index in [0.717, 1.165) is 0 Å². The van der Waals surface area contributed by atoms with Gasteiger partial charge in [-0.2, -0.15) is 0 Å². The van der Waals surface area contributed by atoms with Crippen molar-refractivity contribution < 1.29 is 13.2 Å². The molecule has 8 heteroatoms. The predicted molar refractivity (Wildman–Crippen MR) is 65.9 cm³/mol. The van der Waals surface area contributed by atoms with E-state index < -0.39 is 16.0 Å². The van der Waals surface area contributed by atoms with E-state index in [1.807, 2.05) is 0 Å². The number of nitrogens with two attached hydrogens (primary N) is 3. The summed E-state index contributed by atoms with van der Waals surface area (Å²) in [4.78, 5) is 0. The van der Waals surface area contributed by atoms with Crippen molar-refractivity contribution in [3.05, 3.63) is 24.3 Å². The van der Waals surface area contributed by atoms with Crippen LogP contribution in [0.4, 0.5) is 5.69 Å². The fraction of sp³-hybridized carbons (Fsp3) is 0.222. The van der Waals surface area contributed by atoms with Crippen LogP contribution in [0.1, 0.15) is 0 Å². The summed E-state index contributed by atoms with van der Waals surface area (Å²) >= 11 is 0. The summed E-state index contributed by atoms with van der Waals surface area (Å²) in [5.41, 5.74) is 16.0. The first-order valence-corrected chi connectivity index (χ1v) is 6.32. The first-order valence-electron chi connectivity index (χ1n) is 4.71. The van der Waals surface area contributed by atoms with Gasteiger partial charge < -0.3 is 21.9 Å². The van der Waals surface area contributed by atoms with Gasteiger partial charge in [0.15, 0.2) is 0 Å². The van der Waals surface area contributed by atoms with E-state index in [1.54, 1.807) is 24.3 Å². The molecular weight excluding hydrogens is 244 g/mol. The number of rotatable bonds is 5. The van der Waals surface area contributed by atoms with Gasteiger partial charge in [0.05, 0.1) is 0 Å². The summed E-state index contributed by atoms with van der Waals surface area (Å²) in [6, 6.07) is 6.66. The standard InChI is InChI=1S/C9H14N4O3S/c10-7-2-1-3-8(6-7)16-4-5-17(14,15)13-9(11)12/h1-3,6H,4-5,10H2,(H4,11,12,13). The molecule has 7 nitrogen and oxygen atoms in total. The van der Waals surface area contributed by atoms with Crippen LogP contribution in [0.15, 0.2) is 28.7 Å². The van der Waals surface area contributed by atoms with Crippen LogP contribution in [-0.2, 0) is 10.0 Å². The van der Waals surface area contributed by atoms with E-state index in [9.17, 15) is 8.42 Å². The Labute approximate surface area is 99.3 Å². The monoisotopic (exact) mass is 258 g/mol. The molecule has 0 saturated carbocycles. The zero-order chi connectivity index (χ0) is 12.9. The Bertz CT molecular complexity index is 509. The lowest BCUT2D eigenvalue weighted by Crippen LogP contribution is -2.25. The quantitative estimate of drug-likeness (QED) is 0.361. The molecule has 0 fully saturated rings. The Morgan fingerprint density at radius 3 is 2.65 bits per heavy atom. The van der Waals surface area contributed by atoms with Gasteiger partial charge in [0.2, 0.25) is 5.96 Å². The molecule has 0 amide bonds. The zero-order valence-electron chi connectivity index (χ0n) is 9.04. The maximum atomic E-state index is 11.2. The average molecular weight is 258 g/mol. The average Bonchev–Trinajstić information content (AvgIpc) is 2.15. The van der Waals surface area contributed by atoms with E-state index in [-0.39, 0.29) is 12.4 Å². The van der Waals surface area contributed by atoms with Gasteiger partial charge in [0.1, 0.15) is 18.1 Å². The highest BCUT2D eigenvalue weighted by Crippen LogP contribution is 2.14. The van der Waals surface area contributed by atoms with E-state index >= 15 is 0 Å². The van der Waals surface area contributed by atoms with E-state index in [4.69, 9.17) is 21.9 Å². The van der Waals surface area contributed by atoms with Crippen LogP contribution < -0.4 is 21.9 Å². The van der Waals surface area contributed by atoms with Crippen LogP contribution in [0.2, 0.25) is 0 Å². The van der Waals surface area contributed by atoms with Crippen molar-refractivity contribution in [3.8, 4) is 5.75 Å². The second-order valence-corrected chi connectivity index (χ2v) is 4.98. The molecule has 0 heterocycles. The van der Waals surface area contributed by atoms with Gasteiger partial charge in [-0.05, 0) is 12.1 Å². The molecule has 1 aromatic rings. The maximum Gasteiger partial charge on any atom is 0.259 e. The van der Waals surface area contributed by atoms with Crippen LogP contribution >= 0.6 is 0 Å². The second-order valence-electron chi connectivity index (χ2n) is 3.22. The van der Waals surface area contributed by atoms with Crippen LogP contribution in [0.5, 0.6) is 5.75 Å². The Morgan fingerprint density at radius 1 is 1.35 bits per heavy atom. The zero-order valence-corrected chi connectivity index (χ0v) is 9.85. The number of benzene rings is 1. The number of anilines is 1. The minimum atomic E-state index is -3.68. The molecule has 0 radical (unpaired) electrons. The number of nitrogen functional groups attached to an aromatic ring is 1. The molecule has 6 N–H and O–H groups in total. The molecule has 0 aliphatic heterocycles. The van der Waals surface area contributed by atoms with Crippen LogP contribution in [0.25, 0.3) is 0 Å². The smallest absolute Gasteiger partial charge is 0.259 e. The SMILES string of the molecule is NC(N)=NS(=O)(=O)CCOc1cccc(N)c1. The highest BCUT2D eigenvalue weighted by molar-refractivity contribution is 7.90. The molecule has 0 atom stereocenters. The Balaban J connectivity index is 2.51. The molecule has 0 bridgehead atoms. The molecule has 17 heavy (non-hydrogen) atoms. The van der Waals surface area contributed by atoms with E-state index in [1.165, 1.54) is 0 Å². The molecule has 0 unspecified atom stereocenters. The first kappa shape index (κ1) is 13.1. The minimum Gasteiger partial charge on any atom is -0.492 e. The molecule has 1 rings (SSSR count). The molecule has 0 spiro atoms. The van der Waals surface area contributed by atoms with Gasteiger partial charge in [-0.25, -0.2) is 8.42 Å². The van der Waals surface area contributed by atoms with Crippen LogP contribution in [-0.4, -0.2) is 26.7 Å². The Hall–Kier alpha value is -1.96. The van der Waals surface area contributed by atoms with Gasteiger partial charge in [-0.3, -0.25) is 0 Å². The summed E-state index contributed by atoms with van der Waals surface area (Å²) in [6.07, 6.45) is 0. The van der Waals surface area contributed by atoms with Gasteiger partial charge in [-0.1, -0.05) is 6.07 Å². The number of nitrogens with zero attached hydrogens (tertiary/aromatic N) is 1. The molecule has 0 aliphatic carbocycles. The predicted octanol–water partition coefficient (Wildman–Crippen LogP) is -0.749. The lowest BCUT2D eigenvalue weighted by atomic mass is 10.3. The highest BCUT2D eigenvalue weighted by Gasteiger charge is 2.09. The number of sulfonamides is 1. The van der Waals surface area contributed by atoms with Gasteiger partial charge in [-0.15, -0.1) is 4.40 Å². The lowest BCUT2D eigenvalue weighted by molar-refractivity contribution is 0.341. The third-order valence-electron chi connectivity index (χ3n) is 1.71. The summed E-state index contributed by atoms with van der Waals surface area (Å²) in [7, 11) is -3.68. The topological polar surface area (TPSA) is 134 Å². The van der Waals surface area contributed by atoms with Crippen molar-refractivity contribution in [2.45, 2.75) is 0 Å². The number of hydrogen-bond donors (Lipinski definition) is 3. The van der Waals surface area contributed by atoms with Crippen molar-refractivity contribution in [2.24, 2.45) is 15.9 Å². The van der Waals surface area contributed by atoms with E-state index in [2.05, 4.69) is 4.40 Å². The first-order chi connectivity index (χ1) is 7.89. The number of guanidine groups is 1. The fourth-order valence-electron chi connectivity index (χ4n) is 1.08. The van der Waals surface area contributed by atoms with Crippen LogP contribution in [0.3, 0.4) is 0 Å². The third kappa shape index (κ3) is 5.07. The highest BCUT2D eigenvalue weighted by atomic mass is 32.2. The van der Waals surface area contributed by atoms with Crippen molar-refractivity contribution in [3.63, 3.8) is 0 Å². The van der Waals surface area contributed by atoms with Crippen molar-refractivity contribution in [2.75, 3.05) is 18.1 Å². The molecule has 0 aliphatic rings. The number of ether oxygens (including phenoxy) is 1. The van der Waals surface area contributed by atoms with Gasteiger partial charge in [0, 0.05) is 11.8 Å². The Morgan fingerprint density at radius 2 is 2.06 bits per heavy atom. The fourth-order valence-corrected chi connectivity index (χ4v) is 1.78. The second kappa shape index (κ2) is 5.39. The van der Waals surface area contributed by atoms with Gasteiger partial charge in [0.25, 0.3) is 10.0 Å². The normalized spacial score (nSPS) is 10.8. The Kier molecular flexibility index (Phi) is 4.16. The summed E-state index contributed by atoms with van der Waals surface area (Å²) < 4.78 is 30.8. The van der Waals surface area contributed by atoms with Crippen molar-refractivity contribution in [1.29, 1.82) is 0 Å². The summed E-state index contributed by atoms with van der Waals surface area (Å²) in [6.45, 7) is -0.0530. The molecule has 1 aromatic carbocycles. The van der Waals surface area contributed by atoms with Gasteiger partial charge >= 0.3 is 0 Å². The minimum absolute atomic E-state index is 0.0530. The molecule has 0 saturated heterocycles. The molecular formula is C9H14N4O3S. The van der Waals surface area contributed by atoms with E-state index in [0.29, 0.717) is 11.4 Å². The summed E-state index contributed by atoms with van der Waals surface area (Å²) in [5.74, 6) is -0.307. The molecule has 94 valence electrons. The van der Waals surface area contributed by atoms with Crippen molar-refractivity contribution >= 4 is 21.7 Å². The molecule has 0 aromatic heterocycles. The third-order valence-corrected chi connectivity index (χ3v) is 2.88. The lowest BCUT2D eigenvalue weighted by Gasteiger charge is -2.05. The van der Waals surface area contributed by atoms with Crippen LogP contribution in [0, 0.1) is 0 Å². The maximum absolute atomic E-state index is 11.2. The number of hydrogen-bond acceptors (Lipinski definition) is 4. The largest absolute Gasteiger partial charge is 0.492 e.